The Labute approximate surface area is 193 Å². The highest BCUT2D eigenvalue weighted by Gasteiger charge is 2.36. The van der Waals surface area contributed by atoms with E-state index in [-0.39, 0.29) is 24.8 Å². The van der Waals surface area contributed by atoms with Gasteiger partial charge in [-0.25, -0.2) is 9.59 Å². The minimum atomic E-state index is -1.89. The van der Waals surface area contributed by atoms with Crippen LogP contribution in [-0.4, -0.2) is 56.2 Å². The van der Waals surface area contributed by atoms with E-state index in [1.165, 1.54) is 6.92 Å². The molecule has 0 fully saturated rings. The fourth-order valence-corrected chi connectivity index (χ4v) is 2.41. The molecule has 0 aliphatic carbocycles. The standard InChI is InChI=1S/C11H15NO3.C10H13NO3.2ClH/c1-11(15,10(13)14)9(12)7-8-5-3-2-4-6-8;11-8(9(12)10(13)14)6-7-4-2-1-3-5-7;;/h2-6,9,15H,7,12H2,1H3,(H,13,14);1-5,8-9,12H,6,11H2,(H,13,14);2*1H/t9-,11-;8-,9-;;/m00../s1. The highest BCUT2D eigenvalue weighted by molar-refractivity contribution is 5.85. The third-order valence-electron chi connectivity index (χ3n) is 4.43. The molecular weight excluding hydrogens is 447 g/mol. The molecule has 0 radical (unpaired) electrons. The zero-order chi connectivity index (χ0) is 22.0. The van der Waals surface area contributed by atoms with Crippen molar-refractivity contribution in [3.8, 4) is 0 Å². The van der Waals surface area contributed by atoms with E-state index in [2.05, 4.69) is 0 Å². The number of carboxylic acids is 2. The summed E-state index contributed by atoms with van der Waals surface area (Å²) >= 11 is 0. The van der Waals surface area contributed by atoms with Crippen LogP contribution in [0.15, 0.2) is 60.7 Å². The van der Waals surface area contributed by atoms with Crippen LogP contribution in [0.1, 0.15) is 18.1 Å². The van der Waals surface area contributed by atoms with Crippen molar-refractivity contribution < 1.29 is 30.0 Å². The van der Waals surface area contributed by atoms with Gasteiger partial charge in [-0.05, 0) is 30.9 Å². The number of hydrogen-bond acceptors (Lipinski definition) is 6. The molecule has 10 heteroatoms. The van der Waals surface area contributed by atoms with Gasteiger partial charge in [-0.2, -0.15) is 0 Å². The average Bonchev–Trinajstić information content (AvgIpc) is 2.69. The third-order valence-corrected chi connectivity index (χ3v) is 4.43. The summed E-state index contributed by atoms with van der Waals surface area (Å²) in [5.41, 5.74) is 11.1. The molecule has 0 saturated carbocycles. The van der Waals surface area contributed by atoms with Crippen molar-refractivity contribution in [3.05, 3.63) is 71.8 Å². The Balaban J connectivity index is 0. The Bertz CT molecular complexity index is 778. The zero-order valence-electron chi connectivity index (χ0n) is 17.0. The number of carbonyl (C=O) groups is 2. The van der Waals surface area contributed by atoms with Crippen LogP contribution in [0.25, 0.3) is 0 Å². The van der Waals surface area contributed by atoms with Gasteiger partial charge in [0.05, 0.1) is 0 Å². The molecule has 2 aromatic carbocycles. The lowest BCUT2D eigenvalue weighted by Crippen LogP contribution is -2.52. The van der Waals surface area contributed by atoms with Crippen molar-refractivity contribution in [2.45, 2.75) is 43.6 Å². The first-order valence-corrected chi connectivity index (χ1v) is 9.01. The van der Waals surface area contributed by atoms with Gasteiger partial charge >= 0.3 is 11.9 Å². The molecular formula is C21H30Cl2N2O6. The van der Waals surface area contributed by atoms with Crippen molar-refractivity contribution in [2.75, 3.05) is 0 Å². The number of carboxylic acid groups (broad SMARTS) is 2. The lowest BCUT2D eigenvalue weighted by atomic mass is 9.92. The van der Waals surface area contributed by atoms with Crippen molar-refractivity contribution >= 4 is 36.8 Å². The lowest BCUT2D eigenvalue weighted by molar-refractivity contribution is -0.158. The third kappa shape index (κ3) is 10.6. The second-order valence-electron chi connectivity index (χ2n) is 6.89. The minimum absolute atomic E-state index is 0. The van der Waals surface area contributed by atoms with E-state index >= 15 is 0 Å². The SMILES string of the molecule is C[C@@](O)(C(=O)O)[C@@H](N)Cc1ccccc1.Cl.Cl.N[C@@H](Cc1ccccc1)[C@H](O)C(=O)O. The molecule has 0 heterocycles. The lowest BCUT2D eigenvalue weighted by Gasteiger charge is -2.25. The molecule has 8 nitrogen and oxygen atoms in total. The number of halogens is 2. The predicted molar refractivity (Wildman–Crippen MR) is 123 cm³/mol. The summed E-state index contributed by atoms with van der Waals surface area (Å²) in [7, 11) is 0. The van der Waals surface area contributed by atoms with Crippen molar-refractivity contribution in [1.29, 1.82) is 0 Å². The summed E-state index contributed by atoms with van der Waals surface area (Å²) in [6, 6.07) is 16.9. The maximum absolute atomic E-state index is 10.7. The van der Waals surface area contributed by atoms with E-state index in [0.29, 0.717) is 12.8 Å². The van der Waals surface area contributed by atoms with Crippen LogP contribution in [0.4, 0.5) is 0 Å². The monoisotopic (exact) mass is 476 g/mol. The van der Waals surface area contributed by atoms with Crippen molar-refractivity contribution in [1.82, 2.24) is 0 Å². The van der Waals surface area contributed by atoms with Crippen LogP contribution >= 0.6 is 24.8 Å². The molecule has 0 unspecified atom stereocenters. The summed E-state index contributed by atoms with van der Waals surface area (Å²) in [5, 5.41) is 36.0. The molecule has 0 amide bonds. The normalized spacial score (nSPS) is 14.7. The van der Waals surface area contributed by atoms with Gasteiger partial charge in [0.25, 0.3) is 0 Å². The molecule has 0 saturated heterocycles. The topological polar surface area (TPSA) is 167 Å². The maximum Gasteiger partial charge on any atom is 0.337 e. The summed E-state index contributed by atoms with van der Waals surface area (Å²) in [4.78, 5) is 21.1. The number of aliphatic hydroxyl groups excluding tert-OH is 1. The fraction of sp³-hybridized carbons (Fsp3) is 0.333. The van der Waals surface area contributed by atoms with Crippen LogP contribution in [0.2, 0.25) is 0 Å². The summed E-state index contributed by atoms with van der Waals surface area (Å²) in [6.07, 6.45) is -0.816. The number of hydrogen-bond donors (Lipinski definition) is 6. The molecule has 8 N–H and O–H groups in total. The predicted octanol–water partition coefficient (Wildman–Crippen LogP) is 1.24. The number of aliphatic carboxylic acids is 2. The molecule has 0 bridgehead atoms. The van der Waals surface area contributed by atoms with Crippen molar-refractivity contribution in [3.63, 3.8) is 0 Å². The number of rotatable bonds is 8. The molecule has 2 aromatic rings. The second kappa shape index (κ2) is 14.7. The first-order chi connectivity index (χ1) is 13.6. The average molecular weight is 477 g/mol. The van der Waals surface area contributed by atoms with Gasteiger partial charge in [-0.1, -0.05) is 60.7 Å². The minimum Gasteiger partial charge on any atom is -0.479 e. The second-order valence-corrected chi connectivity index (χ2v) is 6.89. The fourth-order valence-electron chi connectivity index (χ4n) is 2.41. The first kappa shape index (κ1) is 31.0. The number of aliphatic hydroxyl groups is 2. The number of nitrogens with two attached hydrogens (primary N) is 2. The van der Waals surface area contributed by atoms with Gasteiger partial charge in [-0.15, -0.1) is 24.8 Å². The molecule has 31 heavy (non-hydrogen) atoms. The Hall–Kier alpha value is -2.20. The van der Waals surface area contributed by atoms with Gasteiger partial charge in [0.2, 0.25) is 0 Å². The Kier molecular flexibility index (Phi) is 14.7. The molecule has 0 aliphatic rings. The quantitative estimate of drug-likeness (QED) is 0.330. The zero-order valence-corrected chi connectivity index (χ0v) is 18.6. The van der Waals surface area contributed by atoms with Crippen molar-refractivity contribution in [2.24, 2.45) is 11.5 Å². The van der Waals surface area contributed by atoms with Gasteiger partial charge < -0.3 is 31.9 Å². The van der Waals surface area contributed by atoms with E-state index in [1.54, 1.807) is 0 Å². The largest absolute Gasteiger partial charge is 0.479 e. The van der Waals surface area contributed by atoms with Crippen LogP contribution in [0.5, 0.6) is 0 Å². The summed E-state index contributed by atoms with van der Waals surface area (Å²) in [6.45, 7) is 1.21. The summed E-state index contributed by atoms with van der Waals surface area (Å²) < 4.78 is 0. The molecule has 0 aliphatic heterocycles. The van der Waals surface area contributed by atoms with E-state index in [1.807, 2.05) is 60.7 Å². The van der Waals surface area contributed by atoms with E-state index in [9.17, 15) is 14.7 Å². The number of benzene rings is 2. The Morgan fingerprint density at radius 2 is 1.26 bits per heavy atom. The van der Waals surface area contributed by atoms with E-state index < -0.39 is 35.7 Å². The Morgan fingerprint density at radius 1 is 0.871 bits per heavy atom. The van der Waals surface area contributed by atoms with Gasteiger partial charge in [0, 0.05) is 12.1 Å². The molecule has 174 valence electrons. The first-order valence-electron chi connectivity index (χ1n) is 9.01. The summed E-state index contributed by atoms with van der Waals surface area (Å²) in [5.74, 6) is -2.58. The maximum atomic E-state index is 10.7. The Morgan fingerprint density at radius 3 is 1.61 bits per heavy atom. The van der Waals surface area contributed by atoms with E-state index in [0.717, 1.165) is 11.1 Å². The van der Waals surface area contributed by atoms with Crippen LogP contribution in [0, 0.1) is 0 Å². The van der Waals surface area contributed by atoms with E-state index in [4.69, 9.17) is 26.8 Å². The highest BCUT2D eigenvalue weighted by Crippen LogP contribution is 2.13. The van der Waals surface area contributed by atoms with Gasteiger partial charge in [0.15, 0.2) is 11.7 Å². The van der Waals surface area contributed by atoms with Crippen LogP contribution < -0.4 is 11.5 Å². The highest BCUT2D eigenvalue weighted by atomic mass is 35.5. The smallest absolute Gasteiger partial charge is 0.337 e. The van der Waals surface area contributed by atoms with Gasteiger partial charge in [0.1, 0.15) is 0 Å². The molecule has 4 atom stereocenters. The van der Waals surface area contributed by atoms with Crippen LogP contribution in [-0.2, 0) is 22.4 Å². The van der Waals surface area contributed by atoms with Crippen LogP contribution in [0.3, 0.4) is 0 Å². The molecule has 0 spiro atoms. The molecule has 2 rings (SSSR count). The van der Waals surface area contributed by atoms with Gasteiger partial charge in [-0.3, -0.25) is 0 Å². The molecule has 0 aromatic heterocycles.